The molecule has 2 rings (SSSR count). The molecule has 2 atom stereocenters. The van der Waals surface area contributed by atoms with Gasteiger partial charge in [0.25, 0.3) is 0 Å². The van der Waals surface area contributed by atoms with E-state index in [0.717, 1.165) is 17.1 Å². The van der Waals surface area contributed by atoms with E-state index in [0.29, 0.717) is 16.5 Å². The highest BCUT2D eigenvalue weighted by Crippen LogP contribution is 2.30. The second kappa shape index (κ2) is 9.48. The summed E-state index contributed by atoms with van der Waals surface area (Å²) in [5.41, 5.74) is 1.51. The summed E-state index contributed by atoms with van der Waals surface area (Å²) < 4.78 is 15.8. The first kappa shape index (κ1) is 20.9. The van der Waals surface area contributed by atoms with E-state index in [9.17, 15) is 4.79 Å². The number of hydrogen-bond acceptors (Lipinski definition) is 5. The molecular formula is C20H25ClN2O4. The Hall–Kier alpha value is -2.44. The molecule has 0 heterocycles. The SMILES string of the molecule is COc1ccc(OC)c(C(C)NC(C)C(=O)Nc2ccc(OC)c(Cl)c2)c1. The van der Waals surface area contributed by atoms with E-state index in [-0.39, 0.29) is 11.9 Å². The minimum atomic E-state index is -0.447. The van der Waals surface area contributed by atoms with Gasteiger partial charge in [0.1, 0.15) is 17.2 Å². The Balaban J connectivity index is 2.06. The molecule has 2 N–H and O–H groups in total. The summed E-state index contributed by atoms with van der Waals surface area (Å²) in [4.78, 5) is 12.5. The van der Waals surface area contributed by atoms with Crippen molar-refractivity contribution in [3.05, 3.63) is 47.0 Å². The minimum absolute atomic E-state index is 0.129. The summed E-state index contributed by atoms with van der Waals surface area (Å²) >= 11 is 6.10. The molecule has 27 heavy (non-hydrogen) atoms. The second-order valence-corrected chi connectivity index (χ2v) is 6.46. The van der Waals surface area contributed by atoms with Crippen LogP contribution in [0.2, 0.25) is 5.02 Å². The molecule has 0 saturated carbocycles. The topological polar surface area (TPSA) is 68.8 Å². The largest absolute Gasteiger partial charge is 0.497 e. The van der Waals surface area contributed by atoms with E-state index < -0.39 is 6.04 Å². The molecule has 2 aromatic carbocycles. The molecule has 0 aliphatic carbocycles. The summed E-state index contributed by atoms with van der Waals surface area (Å²) in [6.07, 6.45) is 0. The van der Waals surface area contributed by atoms with Crippen molar-refractivity contribution in [2.45, 2.75) is 25.9 Å². The van der Waals surface area contributed by atoms with Crippen molar-refractivity contribution in [1.29, 1.82) is 0 Å². The molecule has 0 saturated heterocycles. The fourth-order valence-corrected chi connectivity index (χ4v) is 2.97. The first-order valence-electron chi connectivity index (χ1n) is 8.52. The molecule has 0 spiro atoms. The predicted octanol–water partition coefficient (Wildman–Crippen LogP) is 4.04. The predicted molar refractivity (Wildman–Crippen MR) is 107 cm³/mol. The monoisotopic (exact) mass is 392 g/mol. The van der Waals surface area contributed by atoms with E-state index in [2.05, 4.69) is 10.6 Å². The molecule has 0 aliphatic rings. The van der Waals surface area contributed by atoms with Crippen LogP contribution in [0.5, 0.6) is 17.2 Å². The van der Waals surface area contributed by atoms with Crippen LogP contribution in [0.15, 0.2) is 36.4 Å². The Morgan fingerprint density at radius 3 is 2.22 bits per heavy atom. The molecule has 6 nitrogen and oxygen atoms in total. The number of carbonyl (C=O) groups is 1. The molecule has 2 unspecified atom stereocenters. The third-order valence-corrected chi connectivity index (χ3v) is 4.51. The number of ether oxygens (including phenoxy) is 3. The fraction of sp³-hybridized carbons (Fsp3) is 0.350. The quantitative estimate of drug-likeness (QED) is 0.709. The Bertz CT molecular complexity index is 798. The van der Waals surface area contributed by atoms with Crippen molar-refractivity contribution in [3.63, 3.8) is 0 Å². The van der Waals surface area contributed by atoms with Gasteiger partial charge in [0.2, 0.25) is 5.91 Å². The summed E-state index contributed by atoms with van der Waals surface area (Å²) in [5.74, 6) is 1.83. The van der Waals surface area contributed by atoms with Crippen LogP contribution in [-0.2, 0) is 4.79 Å². The van der Waals surface area contributed by atoms with Crippen LogP contribution in [0.3, 0.4) is 0 Å². The molecule has 0 aromatic heterocycles. The maximum absolute atomic E-state index is 12.5. The molecule has 0 aliphatic heterocycles. The van der Waals surface area contributed by atoms with Gasteiger partial charge >= 0.3 is 0 Å². The Labute approximate surface area is 164 Å². The molecule has 1 amide bonds. The number of nitrogens with one attached hydrogen (secondary N) is 2. The number of carbonyl (C=O) groups excluding carboxylic acids is 1. The first-order chi connectivity index (χ1) is 12.9. The molecule has 2 aromatic rings. The van der Waals surface area contributed by atoms with Crippen molar-refractivity contribution in [2.75, 3.05) is 26.6 Å². The highest BCUT2D eigenvalue weighted by Gasteiger charge is 2.19. The smallest absolute Gasteiger partial charge is 0.241 e. The number of benzene rings is 2. The zero-order valence-electron chi connectivity index (χ0n) is 16.1. The van der Waals surface area contributed by atoms with Gasteiger partial charge in [-0.05, 0) is 50.2 Å². The van der Waals surface area contributed by atoms with Crippen LogP contribution in [0.25, 0.3) is 0 Å². The number of halogens is 1. The lowest BCUT2D eigenvalue weighted by molar-refractivity contribution is -0.117. The standard InChI is InChI=1S/C20H25ClN2O4/c1-12(16-11-15(25-3)7-9-18(16)26-4)22-13(2)20(24)23-14-6-8-19(27-5)17(21)10-14/h6-13,22H,1-5H3,(H,23,24). The molecular weight excluding hydrogens is 368 g/mol. The Morgan fingerprint density at radius 1 is 0.963 bits per heavy atom. The van der Waals surface area contributed by atoms with Gasteiger partial charge in [-0.1, -0.05) is 11.6 Å². The number of anilines is 1. The summed E-state index contributed by atoms with van der Waals surface area (Å²) in [5, 5.41) is 6.55. The number of hydrogen-bond donors (Lipinski definition) is 2. The van der Waals surface area contributed by atoms with Crippen LogP contribution in [0, 0.1) is 0 Å². The van der Waals surface area contributed by atoms with Gasteiger partial charge in [0.05, 0.1) is 32.4 Å². The van der Waals surface area contributed by atoms with Crippen molar-refractivity contribution < 1.29 is 19.0 Å². The minimum Gasteiger partial charge on any atom is -0.497 e. The number of methoxy groups -OCH3 is 3. The van der Waals surface area contributed by atoms with Crippen LogP contribution in [0.1, 0.15) is 25.5 Å². The van der Waals surface area contributed by atoms with Gasteiger partial charge in [-0.2, -0.15) is 0 Å². The lowest BCUT2D eigenvalue weighted by Gasteiger charge is -2.22. The maximum atomic E-state index is 12.5. The zero-order chi connectivity index (χ0) is 20.0. The lowest BCUT2D eigenvalue weighted by atomic mass is 10.1. The van der Waals surface area contributed by atoms with Crippen LogP contribution in [-0.4, -0.2) is 33.3 Å². The average Bonchev–Trinajstić information content (AvgIpc) is 2.67. The Kier molecular flexibility index (Phi) is 7.33. The van der Waals surface area contributed by atoms with Crippen molar-refractivity contribution in [1.82, 2.24) is 5.32 Å². The van der Waals surface area contributed by atoms with E-state index >= 15 is 0 Å². The van der Waals surface area contributed by atoms with Gasteiger partial charge in [-0.15, -0.1) is 0 Å². The van der Waals surface area contributed by atoms with Crippen molar-refractivity contribution in [2.24, 2.45) is 0 Å². The fourth-order valence-electron chi connectivity index (χ4n) is 2.71. The number of amides is 1. The highest BCUT2D eigenvalue weighted by molar-refractivity contribution is 6.32. The number of rotatable bonds is 8. The van der Waals surface area contributed by atoms with Gasteiger partial charge in [-0.3, -0.25) is 10.1 Å². The third-order valence-electron chi connectivity index (χ3n) is 4.22. The van der Waals surface area contributed by atoms with E-state index in [1.165, 1.54) is 0 Å². The summed E-state index contributed by atoms with van der Waals surface area (Å²) in [6, 6.07) is 10.1. The molecule has 0 radical (unpaired) electrons. The normalized spacial score (nSPS) is 12.8. The molecule has 0 fully saturated rings. The van der Waals surface area contributed by atoms with Crippen molar-refractivity contribution >= 4 is 23.2 Å². The van der Waals surface area contributed by atoms with E-state index in [1.54, 1.807) is 46.5 Å². The molecule has 0 bridgehead atoms. The lowest BCUT2D eigenvalue weighted by Crippen LogP contribution is -2.39. The van der Waals surface area contributed by atoms with Crippen LogP contribution < -0.4 is 24.8 Å². The molecule has 146 valence electrons. The summed E-state index contributed by atoms with van der Waals surface area (Å²) in [7, 11) is 4.76. The second-order valence-electron chi connectivity index (χ2n) is 6.06. The molecule has 7 heteroatoms. The van der Waals surface area contributed by atoms with Crippen LogP contribution >= 0.6 is 11.6 Å². The van der Waals surface area contributed by atoms with E-state index in [4.69, 9.17) is 25.8 Å². The van der Waals surface area contributed by atoms with Crippen LogP contribution in [0.4, 0.5) is 5.69 Å². The van der Waals surface area contributed by atoms with Gasteiger partial charge < -0.3 is 19.5 Å². The maximum Gasteiger partial charge on any atom is 0.241 e. The van der Waals surface area contributed by atoms with Gasteiger partial charge in [-0.25, -0.2) is 0 Å². The van der Waals surface area contributed by atoms with E-state index in [1.807, 2.05) is 25.1 Å². The highest BCUT2D eigenvalue weighted by atomic mass is 35.5. The average molecular weight is 393 g/mol. The third kappa shape index (κ3) is 5.28. The summed E-state index contributed by atoms with van der Waals surface area (Å²) in [6.45, 7) is 3.76. The van der Waals surface area contributed by atoms with Gasteiger partial charge in [0.15, 0.2) is 0 Å². The van der Waals surface area contributed by atoms with Gasteiger partial charge in [0, 0.05) is 17.3 Å². The zero-order valence-corrected chi connectivity index (χ0v) is 16.9. The first-order valence-corrected chi connectivity index (χ1v) is 8.89. The van der Waals surface area contributed by atoms with Crippen molar-refractivity contribution in [3.8, 4) is 17.2 Å². The Morgan fingerprint density at radius 2 is 1.63 bits per heavy atom.